The monoisotopic (exact) mass is 310 g/mol. The Morgan fingerprint density at radius 3 is 2.80 bits per heavy atom. The number of fused-ring (bicyclic) bond motifs is 1. The molecule has 15 heavy (non-hydrogen) atoms. The minimum atomic E-state index is 0.550. The molecule has 2 rings (SSSR count). The quantitative estimate of drug-likeness (QED) is 0.615. The maximum atomic E-state index is 5.57. The van der Waals surface area contributed by atoms with Crippen molar-refractivity contribution in [3.8, 4) is 5.75 Å². The van der Waals surface area contributed by atoms with Crippen LogP contribution < -0.4 is 4.74 Å². The second kappa shape index (κ2) is 4.66. The van der Waals surface area contributed by atoms with Gasteiger partial charge in [0.05, 0.1) is 3.57 Å². The molecule has 0 bridgehead atoms. The highest BCUT2D eigenvalue weighted by molar-refractivity contribution is 14.1. The lowest BCUT2D eigenvalue weighted by Crippen LogP contribution is -1.95. The van der Waals surface area contributed by atoms with Gasteiger partial charge in [-0.15, -0.1) is 0 Å². The largest absolute Gasteiger partial charge is 0.488 e. The molecule has 0 N–H and O–H groups in total. The van der Waals surface area contributed by atoms with Crippen LogP contribution in [0.1, 0.15) is 0 Å². The smallest absolute Gasteiger partial charge is 0.133 e. The van der Waals surface area contributed by atoms with Gasteiger partial charge in [0.15, 0.2) is 0 Å². The van der Waals surface area contributed by atoms with E-state index in [-0.39, 0.29) is 0 Å². The highest BCUT2D eigenvalue weighted by Crippen LogP contribution is 2.29. The maximum absolute atomic E-state index is 5.57. The van der Waals surface area contributed by atoms with E-state index in [1.54, 1.807) is 6.08 Å². The molecule has 2 aromatic carbocycles. The second-order valence-electron chi connectivity index (χ2n) is 3.20. The van der Waals surface area contributed by atoms with E-state index in [0.717, 1.165) is 9.32 Å². The lowest BCUT2D eigenvalue weighted by Gasteiger charge is -2.08. The van der Waals surface area contributed by atoms with Crippen LogP contribution in [0.3, 0.4) is 0 Å². The number of benzene rings is 2. The van der Waals surface area contributed by atoms with E-state index in [1.807, 2.05) is 18.2 Å². The first-order valence-electron chi connectivity index (χ1n) is 4.74. The van der Waals surface area contributed by atoms with Gasteiger partial charge in [-0.3, -0.25) is 0 Å². The van der Waals surface area contributed by atoms with Crippen LogP contribution in [0.2, 0.25) is 0 Å². The van der Waals surface area contributed by atoms with Gasteiger partial charge in [-0.1, -0.05) is 43.0 Å². The van der Waals surface area contributed by atoms with Crippen LogP contribution in [0.15, 0.2) is 49.1 Å². The second-order valence-corrected chi connectivity index (χ2v) is 4.28. The summed E-state index contributed by atoms with van der Waals surface area (Å²) in [6.07, 6.45) is 1.76. The first-order chi connectivity index (χ1) is 7.33. The minimum absolute atomic E-state index is 0.550. The van der Waals surface area contributed by atoms with Crippen molar-refractivity contribution in [1.82, 2.24) is 0 Å². The molecule has 0 unspecified atom stereocenters. The fraction of sp³-hybridized carbons (Fsp3) is 0.0769. The Morgan fingerprint density at radius 1 is 1.20 bits per heavy atom. The average Bonchev–Trinajstić information content (AvgIpc) is 2.29. The molecule has 0 aliphatic heterocycles. The molecule has 0 aliphatic carbocycles. The van der Waals surface area contributed by atoms with Gasteiger partial charge in [0.2, 0.25) is 0 Å². The van der Waals surface area contributed by atoms with Crippen LogP contribution in [-0.4, -0.2) is 6.61 Å². The van der Waals surface area contributed by atoms with Crippen molar-refractivity contribution in [2.45, 2.75) is 0 Å². The Hall–Kier alpha value is -1.03. The predicted octanol–water partition coefficient (Wildman–Crippen LogP) is 4.01. The molecule has 0 fully saturated rings. The third-order valence-corrected chi connectivity index (χ3v) is 3.30. The number of halogens is 1. The molecule has 0 atom stereocenters. The molecular weight excluding hydrogens is 299 g/mol. The fourth-order valence-electron chi connectivity index (χ4n) is 1.47. The maximum Gasteiger partial charge on any atom is 0.133 e. The van der Waals surface area contributed by atoms with Crippen LogP contribution in [-0.2, 0) is 0 Å². The Kier molecular flexibility index (Phi) is 3.26. The molecule has 0 saturated carbocycles. The van der Waals surface area contributed by atoms with Crippen molar-refractivity contribution >= 4 is 33.4 Å². The Labute approximate surface area is 103 Å². The SMILES string of the molecule is C=CCOc1ccc2ccccc2c1I. The van der Waals surface area contributed by atoms with Crippen molar-refractivity contribution in [3.05, 3.63) is 52.6 Å². The van der Waals surface area contributed by atoms with E-state index in [0.29, 0.717) is 6.61 Å². The molecule has 2 heteroatoms. The summed E-state index contributed by atoms with van der Waals surface area (Å²) in [4.78, 5) is 0. The molecule has 2 aromatic rings. The molecule has 0 radical (unpaired) electrons. The highest BCUT2D eigenvalue weighted by atomic mass is 127. The zero-order chi connectivity index (χ0) is 10.7. The van der Waals surface area contributed by atoms with E-state index >= 15 is 0 Å². The van der Waals surface area contributed by atoms with E-state index < -0.39 is 0 Å². The molecule has 0 amide bonds. The summed E-state index contributed by atoms with van der Waals surface area (Å²) >= 11 is 2.32. The first kappa shape index (κ1) is 10.5. The molecule has 0 spiro atoms. The molecule has 0 aromatic heterocycles. The zero-order valence-electron chi connectivity index (χ0n) is 8.24. The van der Waals surface area contributed by atoms with Gasteiger partial charge in [0.1, 0.15) is 12.4 Å². The van der Waals surface area contributed by atoms with Crippen molar-refractivity contribution in [3.63, 3.8) is 0 Å². The molecular formula is C13H11IO. The summed E-state index contributed by atoms with van der Waals surface area (Å²) in [5.41, 5.74) is 0. The standard InChI is InChI=1S/C13H11IO/c1-2-9-15-12-8-7-10-5-3-4-6-11(10)13(12)14/h2-8H,1,9H2. The van der Waals surface area contributed by atoms with Gasteiger partial charge in [-0.05, 0) is 39.4 Å². The summed E-state index contributed by atoms with van der Waals surface area (Å²) in [6.45, 7) is 4.19. The van der Waals surface area contributed by atoms with Crippen molar-refractivity contribution in [2.75, 3.05) is 6.61 Å². The van der Waals surface area contributed by atoms with Gasteiger partial charge in [-0.2, -0.15) is 0 Å². The number of rotatable bonds is 3. The topological polar surface area (TPSA) is 9.23 Å². The minimum Gasteiger partial charge on any atom is -0.488 e. The van der Waals surface area contributed by atoms with Crippen LogP contribution in [0.25, 0.3) is 10.8 Å². The van der Waals surface area contributed by atoms with E-state index in [9.17, 15) is 0 Å². The molecule has 0 aliphatic rings. The summed E-state index contributed by atoms with van der Waals surface area (Å²) in [5, 5.41) is 2.48. The van der Waals surface area contributed by atoms with Crippen molar-refractivity contribution < 1.29 is 4.74 Å². The molecule has 76 valence electrons. The Morgan fingerprint density at radius 2 is 2.00 bits per heavy atom. The van der Waals surface area contributed by atoms with Crippen LogP contribution in [0, 0.1) is 3.57 Å². The molecule has 0 saturated heterocycles. The van der Waals surface area contributed by atoms with E-state index in [1.165, 1.54) is 10.8 Å². The summed E-state index contributed by atoms with van der Waals surface area (Å²) < 4.78 is 6.73. The van der Waals surface area contributed by atoms with Gasteiger partial charge in [0, 0.05) is 0 Å². The van der Waals surface area contributed by atoms with Crippen LogP contribution >= 0.6 is 22.6 Å². The first-order valence-corrected chi connectivity index (χ1v) is 5.82. The zero-order valence-corrected chi connectivity index (χ0v) is 10.4. The van der Waals surface area contributed by atoms with Crippen molar-refractivity contribution in [1.29, 1.82) is 0 Å². The summed E-state index contributed by atoms with van der Waals surface area (Å²) in [7, 11) is 0. The van der Waals surface area contributed by atoms with E-state index in [2.05, 4.69) is 47.4 Å². The fourth-order valence-corrected chi connectivity index (χ4v) is 2.30. The third kappa shape index (κ3) is 2.15. The Balaban J connectivity index is 2.50. The summed E-state index contributed by atoms with van der Waals surface area (Å²) in [6, 6.07) is 12.4. The van der Waals surface area contributed by atoms with Crippen LogP contribution in [0.4, 0.5) is 0 Å². The third-order valence-electron chi connectivity index (χ3n) is 2.18. The summed E-state index contributed by atoms with van der Waals surface area (Å²) in [5.74, 6) is 0.925. The Bertz CT molecular complexity index is 491. The normalized spacial score (nSPS) is 10.2. The van der Waals surface area contributed by atoms with E-state index in [4.69, 9.17) is 4.74 Å². The number of hydrogen-bond acceptors (Lipinski definition) is 1. The molecule has 0 heterocycles. The number of hydrogen-bond donors (Lipinski definition) is 0. The predicted molar refractivity (Wildman–Crippen MR) is 72.4 cm³/mol. The lowest BCUT2D eigenvalue weighted by molar-refractivity contribution is 0.361. The highest BCUT2D eigenvalue weighted by Gasteiger charge is 2.04. The van der Waals surface area contributed by atoms with Crippen molar-refractivity contribution in [2.24, 2.45) is 0 Å². The van der Waals surface area contributed by atoms with Gasteiger partial charge < -0.3 is 4.74 Å². The van der Waals surface area contributed by atoms with Gasteiger partial charge in [-0.25, -0.2) is 0 Å². The molecule has 1 nitrogen and oxygen atoms in total. The average molecular weight is 310 g/mol. The lowest BCUT2D eigenvalue weighted by atomic mass is 10.1. The van der Waals surface area contributed by atoms with Crippen LogP contribution in [0.5, 0.6) is 5.75 Å². The number of ether oxygens (including phenoxy) is 1. The van der Waals surface area contributed by atoms with Gasteiger partial charge in [0.25, 0.3) is 0 Å². The van der Waals surface area contributed by atoms with Gasteiger partial charge >= 0.3 is 0 Å².